The van der Waals surface area contributed by atoms with Crippen LogP contribution in [0.3, 0.4) is 0 Å². The molecule has 64 valence electrons. The van der Waals surface area contributed by atoms with Crippen LogP contribution in [0.1, 0.15) is 6.92 Å². The maximum Gasteiger partial charge on any atom is 0.307 e. The highest BCUT2D eigenvalue weighted by Gasteiger charge is 1.79. The second-order valence-electron chi connectivity index (χ2n) is 1.17. The Morgan fingerprint density at radius 2 is 1.91 bits per heavy atom. The third kappa shape index (κ3) is 25.8. The molecule has 0 aliphatic heterocycles. The second kappa shape index (κ2) is 9.82. The molecule has 0 saturated heterocycles. The first-order valence-corrected chi connectivity index (χ1v) is 3.63. The molecular weight excluding hydrogens is 210 g/mol. The Bertz CT molecular complexity index is 150. The number of hydrogen-bond acceptors (Lipinski definition) is 2. The van der Waals surface area contributed by atoms with E-state index in [1.807, 2.05) is 0 Å². The smallest absolute Gasteiger partial charge is 0.307 e. The summed E-state index contributed by atoms with van der Waals surface area (Å²) in [7, 11) is 0. The van der Waals surface area contributed by atoms with Gasteiger partial charge in [0.25, 0.3) is 0 Å². The summed E-state index contributed by atoms with van der Waals surface area (Å²) in [4.78, 5) is 9.75. The highest BCUT2D eigenvalue weighted by Crippen LogP contribution is 2.05. The van der Waals surface area contributed by atoms with E-state index in [0.29, 0.717) is 0 Å². The normalized spacial score (nSPS) is 6.91. The number of hydrogen-bond donors (Lipinski definition) is 0. The molecule has 0 aromatic carbocycles. The number of esters is 1. The molecule has 0 rings (SSSR count). The van der Waals surface area contributed by atoms with E-state index in [9.17, 15) is 4.79 Å². The third-order valence-corrected chi connectivity index (χ3v) is 0.992. The first kappa shape index (κ1) is 13.4. The lowest BCUT2D eigenvalue weighted by Crippen LogP contribution is -1.87. The van der Waals surface area contributed by atoms with Crippen LogP contribution in [0, 0.1) is 0 Å². The molecular formula is C6H7Cl3O2. The number of halogens is 3. The standard InChI is InChI=1S/C4H6O2.C2HCl3/c1-3-6-4(2)5;3-1-2(4)5/h3H,1H2,2H3;1H. The van der Waals surface area contributed by atoms with Crippen LogP contribution in [0.5, 0.6) is 0 Å². The Hall–Kier alpha value is -0.180. The van der Waals surface area contributed by atoms with Gasteiger partial charge in [0.2, 0.25) is 0 Å². The van der Waals surface area contributed by atoms with Crippen molar-refractivity contribution in [3.8, 4) is 0 Å². The van der Waals surface area contributed by atoms with E-state index >= 15 is 0 Å². The van der Waals surface area contributed by atoms with Gasteiger partial charge in [-0.3, -0.25) is 4.79 Å². The van der Waals surface area contributed by atoms with Crippen LogP contribution in [-0.2, 0) is 9.53 Å². The SMILES string of the molecule is C=COC(C)=O.ClC=C(Cl)Cl. The Kier molecular flexibility index (Phi) is 12.0. The Balaban J connectivity index is 0. The van der Waals surface area contributed by atoms with Gasteiger partial charge in [-0.25, -0.2) is 0 Å². The van der Waals surface area contributed by atoms with Gasteiger partial charge in [0, 0.05) is 12.5 Å². The first-order chi connectivity index (χ1) is 5.04. The van der Waals surface area contributed by atoms with Gasteiger partial charge in [-0.1, -0.05) is 41.4 Å². The van der Waals surface area contributed by atoms with Crippen LogP contribution in [0.25, 0.3) is 0 Å². The third-order valence-electron chi connectivity index (χ3n) is 0.332. The van der Waals surface area contributed by atoms with Crippen LogP contribution in [0.4, 0.5) is 0 Å². The van der Waals surface area contributed by atoms with Crippen molar-refractivity contribution in [3.05, 3.63) is 22.9 Å². The molecule has 0 aliphatic carbocycles. The fourth-order valence-corrected chi connectivity index (χ4v) is 0.117. The monoisotopic (exact) mass is 216 g/mol. The van der Waals surface area contributed by atoms with Gasteiger partial charge in [-0.05, 0) is 0 Å². The predicted octanol–water partition coefficient (Wildman–Crippen LogP) is 3.19. The molecule has 0 fully saturated rings. The van der Waals surface area contributed by atoms with Crippen molar-refractivity contribution >= 4 is 40.8 Å². The molecule has 0 aromatic rings. The molecule has 5 heteroatoms. The van der Waals surface area contributed by atoms with Crippen molar-refractivity contribution in [2.75, 3.05) is 0 Å². The van der Waals surface area contributed by atoms with E-state index in [0.717, 1.165) is 11.8 Å². The van der Waals surface area contributed by atoms with Gasteiger partial charge in [-0.15, -0.1) is 0 Å². The quantitative estimate of drug-likeness (QED) is 0.498. The summed E-state index contributed by atoms with van der Waals surface area (Å²) in [6.07, 6.45) is 1.10. The van der Waals surface area contributed by atoms with Crippen molar-refractivity contribution in [1.29, 1.82) is 0 Å². The Morgan fingerprint density at radius 1 is 1.55 bits per heavy atom. The predicted molar refractivity (Wildman–Crippen MR) is 47.6 cm³/mol. The Morgan fingerprint density at radius 3 is 1.91 bits per heavy atom. The molecule has 0 bridgehead atoms. The highest BCUT2D eigenvalue weighted by molar-refractivity contribution is 6.58. The van der Waals surface area contributed by atoms with Crippen molar-refractivity contribution in [3.63, 3.8) is 0 Å². The van der Waals surface area contributed by atoms with Gasteiger partial charge in [-0.2, -0.15) is 0 Å². The van der Waals surface area contributed by atoms with E-state index in [4.69, 9.17) is 34.8 Å². The van der Waals surface area contributed by atoms with Crippen molar-refractivity contribution < 1.29 is 9.53 Å². The lowest BCUT2D eigenvalue weighted by Gasteiger charge is -1.83. The average molecular weight is 217 g/mol. The number of carbonyl (C=O) groups excluding carboxylic acids is 1. The number of ether oxygens (including phenoxy) is 1. The summed E-state index contributed by atoms with van der Waals surface area (Å²) in [5.74, 6) is -0.329. The molecule has 0 saturated carbocycles. The molecule has 0 unspecified atom stereocenters. The minimum absolute atomic E-state index is 0.0895. The van der Waals surface area contributed by atoms with Crippen molar-refractivity contribution in [1.82, 2.24) is 0 Å². The van der Waals surface area contributed by atoms with Crippen molar-refractivity contribution in [2.45, 2.75) is 6.92 Å². The second-order valence-corrected chi connectivity index (χ2v) is 2.40. The Labute approximate surface area is 80.4 Å². The number of rotatable bonds is 1. The zero-order valence-electron chi connectivity index (χ0n) is 5.81. The van der Waals surface area contributed by atoms with Crippen LogP contribution >= 0.6 is 34.8 Å². The van der Waals surface area contributed by atoms with Gasteiger partial charge < -0.3 is 4.74 Å². The van der Waals surface area contributed by atoms with Gasteiger partial charge in [0.05, 0.1) is 6.26 Å². The van der Waals surface area contributed by atoms with Crippen LogP contribution < -0.4 is 0 Å². The molecule has 0 atom stereocenters. The lowest BCUT2D eigenvalue weighted by atomic mass is 10.8. The summed E-state index contributed by atoms with van der Waals surface area (Å²) in [5, 5.41) is 0. The highest BCUT2D eigenvalue weighted by atomic mass is 35.5. The molecule has 0 aliphatic rings. The summed E-state index contributed by atoms with van der Waals surface area (Å²) in [6, 6.07) is 0. The van der Waals surface area contributed by atoms with Gasteiger partial charge in [0.1, 0.15) is 4.49 Å². The van der Waals surface area contributed by atoms with E-state index in [1.54, 1.807) is 0 Å². The summed E-state index contributed by atoms with van der Waals surface area (Å²) in [6.45, 7) is 4.48. The summed E-state index contributed by atoms with van der Waals surface area (Å²) >= 11 is 14.8. The summed E-state index contributed by atoms with van der Waals surface area (Å²) in [5.41, 5.74) is 1.09. The zero-order chi connectivity index (χ0) is 9.28. The van der Waals surface area contributed by atoms with Crippen molar-refractivity contribution in [2.24, 2.45) is 0 Å². The molecule has 2 nitrogen and oxygen atoms in total. The van der Waals surface area contributed by atoms with Crippen LogP contribution in [-0.4, -0.2) is 5.97 Å². The molecule has 11 heavy (non-hydrogen) atoms. The lowest BCUT2D eigenvalue weighted by molar-refractivity contribution is -0.135. The minimum atomic E-state index is -0.329. The molecule has 0 amide bonds. The van der Waals surface area contributed by atoms with Gasteiger partial charge in [0.15, 0.2) is 0 Å². The van der Waals surface area contributed by atoms with E-state index < -0.39 is 0 Å². The molecule has 0 heterocycles. The van der Waals surface area contributed by atoms with Crippen LogP contribution in [0.15, 0.2) is 22.9 Å². The van der Waals surface area contributed by atoms with E-state index in [2.05, 4.69) is 11.3 Å². The van der Waals surface area contributed by atoms with Gasteiger partial charge >= 0.3 is 5.97 Å². The maximum absolute atomic E-state index is 9.75. The maximum atomic E-state index is 9.75. The van der Waals surface area contributed by atoms with E-state index in [1.165, 1.54) is 6.92 Å². The average Bonchev–Trinajstić information content (AvgIpc) is 1.89. The minimum Gasteiger partial charge on any atom is -0.435 e. The fourth-order valence-electron chi connectivity index (χ4n) is 0.117. The molecule has 0 spiro atoms. The topological polar surface area (TPSA) is 26.3 Å². The van der Waals surface area contributed by atoms with Crippen LogP contribution in [0.2, 0.25) is 0 Å². The van der Waals surface area contributed by atoms with E-state index in [-0.39, 0.29) is 10.5 Å². The molecule has 0 radical (unpaired) electrons. The largest absolute Gasteiger partial charge is 0.435 e. The summed E-state index contributed by atoms with van der Waals surface area (Å²) < 4.78 is 4.26. The fraction of sp³-hybridized carbons (Fsp3) is 0.167. The number of carbonyl (C=O) groups is 1. The first-order valence-electron chi connectivity index (χ1n) is 2.44. The molecule has 0 aromatic heterocycles. The molecule has 0 N–H and O–H groups in total. The zero-order valence-corrected chi connectivity index (χ0v) is 8.08.